The van der Waals surface area contributed by atoms with Crippen molar-refractivity contribution in [3.63, 3.8) is 0 Å². The van der Waals surface area contributed by atoms with Crippen LogP contribution in [0.5, 0.6) is 0 Å². The largest absolute Gasteiger partial charge is 0.306 e. The van der Waals surface area contributed by atoms with Gasteiger partial charge in [-0.3, -0.25) is 4.18 Å². The van der Waals surface area contributed by atoms with E-state index in [0.717, 1.165) is 11.1 Å². The second-order valence-corrected chi connectivity index (χ2v) is 8.64. The molecule has 23 heavy (non-hydrogen) atoms. The second kappa shape index (κ2) is 10.6. The average Bonchev–Trinajstić information content (AvgIpc) is 2.48. The Bertz CT molecular complexity index is 686. The van der Waals surface area contributed by atoms with E-state index < -0.39 is 19.9 Å². The van der Waals surface area contributed by atoms with Crippen molar-refractivity contribution < 1.29 is 17.2 Å². The fourth-order valence-corrected chi connectivity index (χ4v) is 3.93. The monoisotopic (exact) mass is 372 g/mol. The van der Waals surface area contributed by atoms with Gasteiger partial charge in [0.05, 0.1) is 18.1 Å². The molecule has 0 heterocycles. The van der Waals surface area contributed by atoms with E-state index in [1.165, 1.54) is 0 Å². The molecule has 0 aliphatic carbocycles. The van der Waals surface area contributed by atoms with Gasteiger partial charge in [-0.25, -0.2) is 8.42 Å². The molecule has 2 unspecified atom stereocenters. The van der Waals surface area contributed by atoms with Gasteiger partial charge in [-0.2, -0.15) is 0 Å². The topological polar surface area (TPSA) is 63.6 Å². The van der Waals surface area contributed by atoms with Gasteiger partial charge in [0.25, 0.3) is 0 Å². The smallest absolute Gasteiger partial charge is 0.157 e. The van der Waals surface area contributed by atoms with Crippen LogP contribution in [0.4, 0.5) is 0 Å². The van der Waals surface area contributed by atoms with E-state index in [2.05, 4.69) is 0 Å². The lowest BCUT2D eigenvalue weighted by atomic mass is 10.2. The zero-order valence-corrected chi connectivity index (χ0v) is 15.2. The van der Waals surface area contributed by atoms with Gasteiger partial charge in [-0.15, -0.1) is 0 Å². The second-order valence-electron chi connectivity index (χ2n) is 4.55. The number of hydrogen-bond donors (Lipinski definition) is 1. The Kier molecular flexibility index (Phi) is 9.20. The quantitative estimate of drug-likeness (QED) is 0.788. The molecular weight excluding hydrogens is 352 g/mol. The van der Waals surface area contributed by atoms with E-state index in [9.17, 15) is 8.42 Å². The third-order valence-corrected chi connectivity index (χ3v) is 5.12. The highest BCUT2D eigenvalue weighted by atomic mass is 32.8. The summed E-state index contributed by atoms with van der Waals surface area (Å²) in [6.07, 6.45) is 0. The molecule has 0 saturated carbocycles. The van der Waals surface area contributed by atoms with Crippen molar-refractivity contribution in [2.45, 2.75) is 18.4 Å². The molecule has 0 aliphatic rings. The van der Waals surface area contributed by atoms with E-state index in [0.29, 0.717) is 12.4 Å². The zero-order chi connectivity index (χ0) is 17.1. The minimum absolute atomic E-state index is 0.223. The van der Waals surface area contributed by atoms with Gasteiger partial charge in [0, 0.05) is 11.2 Å². The van der Waals surface area contributed by atoms with Crippen molar-refractivity contribution in [2.24, 2.45) is 0 Å². The molecule has 2 rings (SSSR count). The molecule has 2 atom stereocenters. The minimum atomic E-state index is -2.55. The Balaban J connectivity index is 0.000000238. The van der Waals surface area contributed by atoms with Crippen LogP contribution in [-0.4, -0.2) is 19.6 Å². The summed E-state index contributed by atoms with van der Waals surface area (Å²) in [6, 6.07) is 18.7. The fourth-order valence-electron chi connectivity index (χ4n) is 1.72. The summed E-state index contributed by atoms with van der Waals surface area (Å²) in [4.78, 5) is 0. The first-order chi connectivity index (χ1) is 10.9. The summed E-state index contributed by atoms with van der Waals surface area (Å²) < 4.78 is 35.3. The molecule has 1 N–H and O–H groups in total. The Labute approximate surface area is 145 Å². The van der Waals surface area contributed by atoms with Crippen LogP contribution < -0.4 is 0 Å². The first-order valence-corrected chi connectivity index (χ1v) is 10.8. The van der Waals surface area contributed by atoms with E-state index in [1.807, 2.05) is 60.7 Å². The van der Waals surface area contributed by atoms with Crippen molar-refractivity contribution >= 4 is 31.0 Å². The van der Waals surface area contributed by atoms with Gasteiger partial charge in [-0.1, -0.05) is 60.7 Å². The summed E-state index contributed by atoms with van der Waals surface area (Å²) in [5, 5.41) is 0. The molecule has 0 radical (unpaired) electrons. The van der Waals surface area contributed by atoms with Crippen LogP contribution in [0.2, 0.25) is 0 Å². The van der Waals surface area contributed by atoms with E-state index >= 15 is 0 Å². The first kappa shape index (κ1) is 19.9. The van der Waals surface area contributed by atoms with E-state index in [-0.39, 0.29) is 5.75 Å². The maximum Gasteiger partial charge on any atom is 0.157 e. The average molecular weight is 373 g/mol. The summed E-state index contributed by atoms with van der Waals surface area (Å²) >= 11 is 3.11. The van der Waals surface area contributed by atoms with Crippen LogP contribution >= 0.6 is 0 Å². The first-order valence-electron chi connectivity index (χ1n) is 6.95. The third kappa shape index (κ3) is 9.58. The molecule has 126 valence electrons. The minimum Gasteiger partial charge on any atom is -0.306 e. The number of rotatable bonds is 6. The maximum absolute atomic E-state index is 11.5. The van der Waals surface area contributed by atoms with E-state index in [1.54, 1.807) is 6.92 Å². The molecule has 7 heteroatoms. The molecule has 0 aromatic heterocycles. The van der Waals surface area contributed by atoms with E-state index in [4.69, 9.17) is 19.9 Å². The van der Waals surface area contributed by atoms with Gasteiger partial charge >= 0.3 is 0 Å². The highest BCUT2D eigenvalue weighted by molar-refractivity contribution is 8.29. The molecule has 0 spiro atoms. The summed E-state index contributed by atoms with van der Waals surface area (Å²) in [6.45, 7) is 2.19. The molecule has 2 aromatic rings. The van der Waals surface area contributed by atoms with Gasteiger partial charge in [0.1, 0.15) is 8.77 Å². The SMILES string of the molecule is CCOS(=O)(=S)Cc1ccccc1.O=S(O)Cc1ccccc1. The number of benzene rings is 2. The summed E-state index contributed by atoms with van der Waals surface area (Å²) in [5.74, 6) is 0.540. The van der Waals surface area contributed by atoms with Crippen LogP contribution in [0.1, 0.15) is 18.1 Å². The Hall–Kier alpha value is -1.12. The molecule has 2 aromatic carbocycles. The molecule has 0 fully saturated rings. The molecule has 0 aliphatic heterocycles. The molecular formula is C16H20O4S3. The highest BCUT2D eigenvalue weighted by Crippen LogP contribution is 2.07. The summed E-state index contributed by atoms with van der Waals surface area (Å²) in [7, 11) is -2.55. The lowest BCUT2D eigenvalue weighted by Crippen LogP contribution is -2.06. The molecule has 4 nitrogen and oxygen atoms in total. The predicted molar refractivity (Wildman–Crippen MR) is 98.2 cm³/mol. The zero-order valence-electron chi connectivity index (χ0n) is 12.8. The van der Waals surface area contributed by atoms with Crippen LogP contribution in [0.25, 0.3) is 0 Å². The van der Waals surface area contributed by atoms with Crippen molar-refractivity contribution in [3.8, 4) is 0 Å². The van der Waals surface area contributed by atoms with Crippen molar-refractivity contribution in [3.05, 3.63) is 71.8 Å². The van der Waals surface area contributed by atoms with Gasteiger partial charge in [-0.05, 0) is 18.1 Å². The fraction of sp³-hybridized carbons (Fsp3) is 0.250. The highest BCUT2D eigenvalue weighted by Gasteiger charge is 2.06. The lowest BCUT2D eigenvalue weighted by Gasteiger charge is -2.05. The lowest BCUT2D eigenvalue weighted by molar-refractivity contribution is 0.369. The number of hydrogen-bond acceptors (Lipinski definition) is 4. The molecule has 0 saturated heterocycles. The van der Waals surface area contributed by atoms with Crippen LogP contribution in [0, 0.1) is 0 Å². The van der Waals surface area contributed by atoms with Crippen LogP contribution in [0.3, 0.4) is 0 Å². The van der Waals surface area contributed by atoms with Crippen molar-refractivity contribution in [1.82, 2.24) is 0 Å². The maximum atomic E-state index is 11.5. The van der Waals surface area contributed by atoms with Crippen molar-refractivity contribution in [2.75, 3.05) is 6.61 Å². The third-order valence-electron chi connectivity index (χ3n) is 2.62. The van der Waals surface area contributed by atoms with Gasteiger partial charge in [0.2, 0.25) is 0 Å². The summed E-state index contributed by atoms with van der Waals surface area (Å²) in [5.41, 5.74) is 1.85. The standard InChI is InChI=1S/C9H12O2S2.C7H8O2S/c1-2-11-13(10,12)8-9-6-4-3-5-7-9;8-10(9)6-7-4-2-1-3-5-7/h3-7H,2,8H2,1H3;1-5H,6H2,(H,8,9). The Morgan fingerprint density at radius 1 is 1.04 bits per heavy atom. The molecule has 0 bridgehead atoms. The normalized spacial score (nSPS) is 14.2. The Morgan fingerprint density at radius 3 is 1.96 bits per heavy atom. The van der Waals surface area contributed by atoms with Gasteiger partial charge < -0.3 is 4.55 Å². The Morgan fingerprint density at radius 2 is 1.52 bits per heavy atom. The van der Waals surface area contributed by atoms with Crippen molar-refractivity contribution in [1.29, 1.82) is 0 Å². The van der Waals surface area contributed by atoms with Gasteiger partial charge in [0.15, 0.2) is 11.1 Å². The van der Waals surface area contributed by atoms with Crippen LogP contribution in [-0.2, 0) is 46.7 Å². The van der Waals surface area contributed by atoms with Crippen LogP contribution in [0.15, 0.2) is 60.7 Å². The molecule has 0 amide bonds. The predicted octanol–water partition coefficient (Wildman–Crippen LogP) is 3.29.